The van der Waals surface area contributed by atoms with E-state index in [0.29, 0.717) is 16.7 Å². The van der Waals surface area contributed by atoms with E-state index in [0.717, 1.165) is 24.2 Å². The minimum Gasteiger partial charge on any atom is -0.497 e. The van der Waals surface area contributed by atoms with Crippen LogP contribution in [0.5, 0.6) is 5.75 Å². The lowest BCUT2D eigenvalue weighted by molar-refractivity contribution is -0.121. The van der Waals surface area contributed by atoms with E-state index in [1.807, 2.05) is 24.3 Å². The van der Waals surface area contributed by atoms with Crippen molar-refractivity contribution in [3.63, 3.8) is 0 Å². The molecule has 0 bridgehead atoms. The average molecular weight is 440 g/mol. The van der Waals surface area contributed by atoms with Gasteiger partial charge in [0.1, 0.15) is 11.6 Å². The van der Waals surface area contributed by atoms with Crippen LogP contribution < -0.4 is 15.4 Å². The summed E-state index contributed by atoms with van der Waals surface area (Å²) in [5.74, 6) is -0.0944. The Morgan fingerprint density at radius 2 is 1.94 bits per heavy atom. The Hall–Kier alpha value is -3.26. The number of benzene rings is 2. The Labute approximate surface area is 183 Å². The first kappa shape index (κ1) is 21.0. The van der Waals surface area contributed by atoms with E-state index in [1.54, 1.807) is 18.6 Å². The standard InChI is InChI=1S/C23H22FN3O3S/c1-30-17-10-8-15(9-11-17)21(14-6-7-14)26-20(28)12-16-13-31-23(25-16)27-22(29)18-4-2-3-5-19(18)24/h2-5,8-11,13-14,21H,6-7,12H2,1H3,(H,26,28)(H,25,27,29). The molecule has 2 N–H and O–H groups in total. The second-order valence-electron chi connectivity index (χ2n) is 7.41. The summed E-state index contributed by atoms with van der Waals surface area (Å²) in [6.45, 7) is 0. The van der Waals surface area contributed by atoms with Crippen molar-refractivity contribution in [1.82, 2.24) is 10.3 Å². The molecule has 3 aromatic rings. The minimum absolute atomic E-state index is 0.0442. The zero-order valence-corrected chi connectivity index (χ0v) is 17.7. The molecule has 0 radical (unpaired) electrons. The van der Waals surface area contributed by atoms with Gasteiger partial charge in [-0.15, -0.1) is 11.3 Å². The van der Waals surface area contributed by atoms with E-state index in [9.17, 15) is 14.0 Å². The Morgan fingerprint density at radius 3 is 2.61 bits per heavy atom. The highest BCUT2D eigenvalue weighted by molar-refractivity contribution is 7.14. The van der Waals surface area contributed by atoms with Crippen molar-refractivity contribution in [2.45, 2.75) is 25.3 Å². The highest BCUT2D eigenvalue weighted by Gasteiger charge is 2.33. The van der Waals surface area contributed by atoms with Crippen molar-refractivity contribution in [3.8, 4) is 5.75 Å². The average Bonchev–Trinajstić information content (AvgIpc) is 3.53. The van der Waals surface area contributed by atoms with Crippen LogP contribution in [0, 0.1) is 11.7 Å². The normalized spacial score (nSPS) is 14.0. The molecule has 1 aliphatic carbocycles. The molecule has 1 heterocycles. The summed E-state index contributed by atoms with van der Waals surface area (Å²) in [4.78, 5) is 29.2. The van der Waals surface area contributed by atoms with Crippen LogP contribution in [0.2, 0.25) is 0 Å². The number of carbonyl (C=O) groups is 2. The fraction of sp³-hybridized carbons (Fsp3) is 0.261. The third-order valence-corrected chi connectivity index (χ3v) is 5.92. The van der Waals surface area contributed by atoms with Gasteiger partial charge in [0.15, 0.2) is 5.13 Å². The number of anilines is 1. The van der Waals surface area contributed by atoms with E-state index in [1.165, 1.54) is 29.5 Å². The van der Waals surface area contributed by atoms with Gasteiger partial charge < -0.3 is 10.1 Å². The van der Waals surface area contributed by atoms with Gasteiger partial charge in [-0.25, -0.2) is 9.37 Å². The van der Waals surface area contributed by atoms with Crippen LogP contribution in [0.4, 0.5) is 9.52 Å². The lowest BCUT2D eigenvalue weighted by Gasteiger charge is -2.19. The second-order valence-corrected chi connectivity index (χ2v) is 8.27. The van der Waals surface area contributed by atoms with Crippen molar-refractivity contribution in [3.05, 3.63) is 76.5 Å². The van der Waals surface area contributed by atoms with Crippen molar-refractivity contribution in [1.29, 1.82) is 0 Å². The molecule has 1 aliphatic rings. The second kappa shape index (κ2) is 9.26. The number of nitrogens with one attached hydrogen (secondary N) is 2. The Kier molecular flexibility index (Phi) is 6.27. The summed E-state index contributed by atoms with van der Waals surface area (Å²) in [5, 5.41) is 7.74. The number of ether oxygens (including phenoxy) is 1. The van der Waals surface area contributed by atoms with Crippen molar-refractivity contribution < 1.29 is 18.7 Å². The summed E-state index contributed by atoms with van der Waals surface area (Å²) >= 11 is 1.20. The molecule has 6 nitrogen and oxygen atoms in total. The molecule has 1 atom stereocenters. The van der Waals surface area contributed by atoms with Gasteiger partial charge in [0.05, 0.1) is 30.8 Å². The van der Waals surface area contributed by atoms with Gasteiger partial charge in [-0.05, 0) is 48.6 Å². The third-order valence-electron chi connectivity index (χ3n) is 5.12. The number of hydrogen-bond donors (Lipinski definition) is 2. The number of aromatic nitrogens is 1. The number of halogens is 1. The topological polar surface area (TPSA) is 80.3 Å². The molecule has 160 valence electrons. The molecule has 2 aromatic carbocycles. The van der Waals surface area contributed by atoms with Crippen LogP contribution in [-0.2, 0) is 11.2 Å². The molecule has 1 saturated carbocycles. The van der Waals surface area contributed by atoms with E-state index >= 15 is 0 Å². The SMILES string of the molecule is COc1ccc(C(NC(=O)Cc2csc(NC(=O)c3ccccc3F)n2)C2CC2)cc1. The Morgan fingerprint density at radius 1 is 1.19 bits per heavy atom. The first-order valence-electron chi connectivity index (χ1n) is 9.97. The number of methoxy groups -OCH3 is 1. The predicted octanol–water partition coefficient (Wildman–Crippen LogP) is 4.35. The number of hydrogen-bond acceptors (Lipinski definition) is 5. The van der Waals surface area contributed by atoms with Crippen LogP contribution in [0.3, 0.4) is 0 Å². The molecular formula is C23H22FN3O3S. The fourth-order valence-electron chi connectivity index (χ4n) is 3.36. The summed E-state index contributed by atoms with van der Waals surface area (Å²) in [7, 11) is 1.62. The molecule has 0 saturated heterocycles. The van der Waals surface area contributed by atoms with Gasteiger partial charge in [0.25, 0.3) is 5.91 Å². The molecular weight excluding hydrogens is 417 g/mol. The number of amides is 2. The van der Waals surface area contributed by atoms with Gasteiger partial charge >= 0.3 is 0 Å². The number of nitrogens with zero attached hydrogens (tertiary/aromatic N) is 1. The van der Waals surface area contributed by atoms with Crippen LogP contribution in [0.15, 0.2) is 53.9 Å². The molecule has 1 unspecified atom stereocenters. The quantitative estimate of drug-likeness (QED) is 0.547. The summed E-state index contributed by atoms with van der Waals surface area (Å²) in [6, 6.07) is 13.4. The highest BCUT2D eigenvalue weighted by atomic mass is 32.1. The highest BCUT2D eigenvalue weighted by Crippen LogP contribution is 2.41. The predicted molar refractivity (Wildman–Crippen MR) is 117 cm³/mol. The lowest BCUT2D eigenvalue weighted by atomic mass is 10.0. The molecule has 31 heavy (non-hydrogen) atoms. The van der Waals surface area contributed by atoms with E-state index in [2.05, 4.69) is 15.6 Å². The zero-order chi connectivity index (χ0) is 21.8. The maximum Gasteiger partial charge on any atom is 0.260 e. The van der Waals surface area contributed by atoms with E-state index in [-0.39, 0.29) is 23.9 Å². The first-order chi connectivity index (χ1) is 15.0. The number of rotatable bonds is 8. The van der Waals surface area contributed by atoms with Crippen LogP contribution in [0.25, 0.3) is 0 Å². The number of carbonyl (C=O) groups excluding carboxylic acids is 2. The van der Waals surface area contributed by atoms with Crippen molar-refractivity contribution in [2.75, 3.05) is 12.4 Å². The molecule has 1 aromatic heterocycles. The van der Waals surface area contributed by atoms with Crippen molar-refractivity contribution >= 4 is 28.3 Å². The van der Waals surface area contributed by atoms with Gasteiger partial charge in [-0.3, -0.25) is 14.9 Å². The summed E-state index contributed by atoms with van der Waals surface area (Å²) in [5.41, 5.74) is 1.55. The minimum atomic E-state index is -0.596. The fourth-order valence-corrected chi connectivity index (χ4v) is 4.06. The van der Waals surface area contributed by atoms with Gasteiger partial charge in [-0.2, -0.15) is 0 Å². The summed E-state index contributed by atoms with van der Waals surface area (Å²) < 4.78 is 19.0. The molecule has 4 rings (SSSR count). The lowest BCUT2D eigenvalue weighted by Crippen LogP contribution is -2.31. The molecule has 8 heteroatoms. The van der Waals surface area contributed by atoms with Crippen LogP contribution >= 0.6 is 11.3 Å². The monoisotopic (exact) mass is 439 g/mol. The maximum atomic E-state index is 13.8. The maximum absolute atomic E-state index is 13.8. The zero-order valence-electron chi connectivity index (χ0n) is 16.9. The third kappa shape index (κ3) is 5.27. The van der Waals surface area contributed by atoms with Gasteiger partial charge in [0.2, 0.25) is 5.91 Å². The van der Waals surface area contributed by atoms with Gasteiger partial charge in [0, 0.05) is 5.38 Å². The molecule has 1 fully saturated rings. The number of thiazole rings is 1. The first-order valence-corrected chi connectivity index (χ1v) is 10.8. The van der Waals surface area contributed by atoms with E-state index in [4.69, 9.17) is 4.74 Å². The van der Waals surface area contributed by atoms with Crippen LogP contribution in [-0.4, -0.2) is 23.9 Å². The molecule has 2 amide bonds. The van der Waals surface area contributed by atoms with E-state index < -0.39 is 11.7 Å². The summed E-state index contributed by atoms with van der Waals surface area (Å²) in [6.07, 6.45) is 2.27. The largest absolute Gasteiger partial charge is 0.497 e. The smallest absolute Gasteiger partial charge is 0.260 e. The molecule has 0 aliphatic heterocycles. The Bertz CT molecular complexity index is 1080. The van der Waals surface area contributed by atoms with Gasteiger partial charge in [-0.1, -0.05) is 24.3 Å². The van der Waals surface area contributed by atoms with Crippen molar-refractivity contribution in [2.24, 2.45) is 5.92 Å². The van der Waals surface area contributed by atoms with Crippen LogP contribution in [0.1, 0.15) is 40.5 Å². The molecule has 0 spiro atoms. The Balaban J connectivity index is 1.36.